The molecule has 4 nitrogen and oxygen atoms in total. The Morgan fingerprint density at radius 2 is 1.69 bits per heavy atom. The highest BCUT2D eigenvalue weighted by Gasteiger charge is 2.63. The topological polar surface area (TPSA) is 36.4 Å². The lowest BCUT2D eigenvalue weighted by molar-refractivity contribution is -0.179. The molecule has 1 aliphatic heterocycles. The number of hydrogen-bond donors (Lipinski definition) is 0. The molecule has 1 aromatic heterocycles. The van der Waals surface area contributed by atoms with Gasteiger partial charge in [-0.15, -0.1) is 0 Å². The van der Waals surface area contributed by atoms with E-state index < -0.39 is 0 Å². The second-order valence-corrected chi connectivity index (χ2v) is 10.4. The van der Waals surface area contributed by atoms with E-state index in [1.54, 1.807) is 0 Å². The maximum absolute atomic E-state index is 13.7. The van der Waals surface area contributed by atoms with Crippen molar-refractivity contribution in [3.8, 4) is 0 Å². The smallest absolute Gasteiger partial charge is 0.228 e. The molecule has 2 unspecified atom stereocenters. The van der Waals surface area contributed by atoms with Gasteiger partial charge in [0.2, 0.25) is 5.91 Å². The number of rotatable bonds is 2. The summed E-state index contributed by atoms with van der Waals surface area (Å²) in [4.78, 5) is 22.6. The molecule has 140 valence electrons. The van der Waals surface area contributed by atoms with Gasteiger partial charge < -0.3 is 9.80 Å². The van der Waals surface area contributed by atoms with Crippen molar-refractivity contribution in [2.45, 2.75) is 52.4 Å². The maximum atomic E-state index is 13.7. The molecule has 2 atom stereocenters. The molecule has 1 aromatic rings. The monoisotopic (exact) mass is 353 g/mol. The average molecular weight is 354 g/mol. The van der Waals surface area contributed by atoms with Crippen molar-refractivity contribution in [1.29, 1.82) is 0 Å². The third-order valence-corrected chi connectivity index (χ3v) is 7.62. The summed E-state index contributed by atoms with van der Waals surface area (Å²) in [6, 6.07) is 6.06. The van der Waals surface area contributed by atoms with Gasteiger partial charge in [0.15, 0.2) is 0 Å². The Labute approximate surface area is 157 Å². The van der Waals surface area contributed by atoms with Crippen molar-refractivity contribution in [2.75, 3.05) is 31.1 Å². The molecule has 0 aromatic carbocycles. The normalized spacial score (nSPS) is 41.5. The predicted molar refractivity (Wildman–Crippen MR) is 103 cm³/mol. The summed E-state index contributed by atoms with van der Waals surface area (Å²) in [6.45, 7) is 8.39. The van der Waals surface area contributed by atoms with Crippen molar-refractivity contribution >= 4 is 11.7 Å². The molecule has 5 aliphatic rings. The lowest BCUT2D eigenvalue weighted by Gasteiger charge is -2.65. The predicted octanol–water partition coefficient (Wildman–Crippen LogP) is 3.73. The Bertz CT molecular complexity index is 691. The number of hydrogen-bond acceptors (Lipinski definition) is 3. The first-order valence-corrected chi connectivity index (χ1v) is 10.3. The van der Waals surface area contributed by atoms with Crippen LogP contribution in [0.1, 0.15) is 52.4 Å². The van der Waals surface area contributed by atoms with Gasteiger partial charge in [0.25, 0.3) is 0 Å². The SMILES string of the molecule is CC12CC3CC(C)(C1)CC(C(=O)N1CCN(c4ccccn4)CC1)(C3)C2. The molecule has 0 radical (unpaired) electrons. The maximum Gasteiger partial charge on any atom is 0.228 e. The molecule has 0 N–H and O–H groups in total. The lowest BCUT2D eigenvalue weighted by atomic mass is 9.40. The van der Waals surface area contributed by atoms with Gasteiger partial charge in [0, 0.05) is 32.4 Å². The molecule has 4 heteroatoms. The molecule has 2 heterocycles. The van der Waals surface area contributed by atoms with E-state index in [1.165, 1.54) is 19.3 Å². The van der Waals surface area contributed by atoms with Crippen molar-refractivity contribution in [3.05, 3.63) is 24.4 Å². The Balaban J connectivity index is 1.32. The fraction of sp³-hybridized carbons (Fsp3) is 0.727. The standard InChI is InChI=1S/C22H31N3O/c1-20-11-17-12-21(2,14-20)16-22(13-17,15-20)19(26)25-9-7-24(8-10-25)18-5-3-4-6-23-18/h3-6,17H,7-16H2,1-2H3. The van der Waals surface area contributed by atoms with Crippen molar-refractivity contribution in [1.82, 2.24) is 9.88 Å². The number of aromatic nitrogens is 1. The molecule has 0 spiro atoms. The average Bonchev–Trinajstić information content (AvgIpc) is 2.59. The Kier molecular flexibility index (Phi) is 3.48. The molecule has 1 amide bonds. The fourth-order valence-corrected chi connectivity index (χ4v) is 7.70. The number of anilines is 1. The quantitative estimate of drug-likeness (QED) is 0.813. The van der Waals surface area contributed by atoms with E-state index in [2.05, 4.69) is 34.7 Å². The number of amides is 1. The fourth-order valence-electron chi connectivity index (χ4n) is 7.70. The Hall–Kier alpha value is -1.58. The first-order chi connectivity index (χ1) is 12.4. The minimum Gasteiger partial charge on any atom is -0.353 e. The van der Waals surface area contributed by atoms with Gasteiger partial charge in [-0.05, 0) is 67.4 Å². The minimum absolute atomic E-state index is 0.0594. The molecular formula is C22H31N3O. The van der Waals surface area contributed by atoms with E-state index in [4.69, 9.17) is 0 Å². The third-order valence-electron chi connectivity index (χ3n) is 7.62. The number of piperazine rings is 1. The van der Waals surface area contributed by atoms with E-state index in [-0.39, 0.29) is 5.41 Å². The molecule has 26 heavy (non-hydrogen) atoms. The van der Waals surface area contributed by atoms with E-state index in [0.29, 0.717) is 16.7 Å². The van der Waals surface area contributed by atoms with Crippen LogP contribution < -0.4 is 4.90 Å². The van der Waals surface area contributed by atoms with Gasteiger partial charge in [0.1, 0.15) is 5.82 Å². The zero-order valence-electron chi connectivity index (χ0n) is 16.2. The molecule has 5 fully saturated rings. The van der Waals surface area contributed by atoms with Gasteiger partial charge in [0.05, 0.1) is 5.41 Å². The van der Waals surface area contributed by atoms with E-state index in [1.807, 2.05) is 18.3 Å². The number of carbonyl (C=O) groups is 1. The first-order valence-electron chi connectivity index (χ1n) is 10.3. The summed E-state index contributed by atoms with van der Waals surface area (Å²) in [5, 5.41) is 0. The third kappa shape index (κ3) is 2.56. The molecule has 4 bridgehead atoms. The molecule has 1 saturated heterocycles. The summed E-state index contributed by atoms with van der Waals surface area (Å²) in [6.07, 6.45) is 9.30. The lowest BCUT2D eigenvalue weighted by Crippen LogP contribution is -2.62. The summed E-state index contributed by atoms with van der Waals surface area (Å²) < 4.78 is 0. The van der Waals surface area contributed by atoms with E-state index in [9.17, 15) is 4.79 Å². The highest BCUT2D eigenvalue weighted by atomic mass is 16.2. The van der Waals surface area contributed by atoms with Crippen LogP contribution in [0.4, 0.5) is 5.82 Å². The van der Waals surface area contributed by atoms with Crippen LogP contribution in [-0.2, 0) is 4.79 Å². The largest absolute Gasteiger partial charge is 0.353 e. The zero-order valence-corrected chi connectivity index (χ0v) is 16.2. The summed E-state index contributed by atoms with van der Waals surface area (Å²) in [7, 11) is 0. The van der Waals surface area contributed by atoms with Crippen molar-refractivity contribution < 1.29 is 4.79 Å². The Morgan fingerprint density at radius 1 is 1.00 bits per heavy atom. The van der Waals surface area contributed by atoms with Crippen LogP contribution in [0.5, 0.6) is 0 Å². The first kappa shape index (κ1) is 16.6. The second kappa shape index (κ2) is 5.46. The van der Waals surface area contributed by atoms with Crippen LogP contribution in [0.15, 0.2) is 24.4 Å². The van der Waals surface area contributed by atoms with Gasteiger partial charge in [-0.2, -0.15) is 0 Å². The van der Waals surface area contributed by atoms with Gasteiger partial charge in [-0.25, -0.2) is 4.98 Å². The number of nitrogens with zero attached hydrogens (tertiary/aromatic N) is 3. The Morgan fingerprint density at radius 3 is 2.27 bits per heavy atom. The van der Waals surface area contributed by atoms with Gasteiger partial charge in [-0.3, -0.25) is 4.79 Å². The molecule has 4 saturated carbocycles. The summed E-state index contributed by atoms with van der Waals surface area (Å²) >= 11 is 0. The van der Waals surface area contributed by atoms with E-state index in [0.717, 1.165) is 57.2 Å². The summed E-state index contributed by atoms with van der Waals surface area (Å²) in [5.41, 5.74) is 0.745. The van der Waals surface area contributed by atoms with Gasteiger partial charge >= 0.3 is 0 Å². The van der Waals surface area contributed by atoms with Crippen molar-refractivity contribution in [3.63, 3.8) is 0 Å². The van der Waals surface area contributed by atoms with Crippen LogP contribution in [0.2, 0.25) is 0 Å². The van der Waals surface area contributed by atoms with Crippen molar-refractivity contribution in [2.24, 2.45) is 22.2 Å². The highest BCUT2D eigenvalue weighted by molar-refractivity contribution is 5.84. The number of pyridine rings is 1. The highest BCUT2D eigenvalue weighted by Crippen LogP contribution is 2.69. The van der Waals surface area contributed by atoms with E-state index >= 15 is 0 Å². The minimum atomic E-state index is -0.0594. The van der Waals surface area contributed by atoms with Crippen LogP contribution in [0.25, 0.3) is 0 Å². The number of carbonyl (C=O) groups excluding carboxylic acids is 1. The molecular weight excluding hydrogens is 322 g/mol. The second-order valence-electron chi connectivity index (χ2n) is 10.4. The zero-order chi connectivity index (χ0) is 18.0. The van der Waals surface area contributed by atoms with Crippen LogP contribution in [0, 0.1) is 22.2 Å². The summed E-state index contributed by atoms with van der Waals surface area (Å²) in [5.74, 6) is 2.29. The van der Waals surface area contributed by atoms with Crippen LogP contribution >= 0.6 is 0 Å². The molecule has 4 aliphatic carbocycles. The van der Waals surface area contributed by atoms with Gasteiger partial charge in [-0.1, -0.05) is 19.9 Å². The van der Waals surface area contributed by atoms with Crippen LogP contribution in [-0.4, -0.2) is 42.0 Å². The molecule has 6 rings (SSSR count). The van der Waals surface area contributed by atoms with Crippen LogP contribution in [0.3, 0.4) is 0 Å².